The van der Waals surface area contributed by atoms with Crippen molar-refractivity contribution >= 4 is 15.7 Å². The van der Waals surface area contributed by atoms with Crippen molar-refractivity contribution in [2.24, 2.45) is 0 Å². The predicted octanol–water partition coefficient (Wildman–Crippen LogP) is -3.53. The molecule has 0 unspecified atom stereocenters. The van der Waals surface area contributed by atoms with Gasteiger partial charge in [0.05, 0.1) is 6.61 Å². The number of aliphatic hydroxyl groups excluding tert-OH is 5. The third-order valence-corrected chi connectivity index (χ3v) is 4.23. The summed E-state index contributed by atoms with van der Waals surface area (Å²) in [5.74, 6) is -0.834. The van der Waals surface area contributed by atoms with Gasteiger partial charge in [-0.15, -0.1) is 0 Å². The van der Waals surface area contributed by atoms with E-state index in [1.807, 2.05) is 6.92 Å². The zero-order valence-electron chi connectivity index (χ0n) is 11.6. The normalized spacial score (nSPS) is 17.9. The molecule has 0 saturated carbocycles. The van der Waals surface area contributed by atoms with E-state index >= 15 is 0 Å². The molecule has 8 nitrogen and oxygen atoms in total. The Morgan fingerprint density at radius 3 is 2.45 bits per heavy atom. The smallest absolute Gasteiger partial charge is 0.251 e. The van der Waals surface area contributed by atoms with E-state index in [0.717, 1.165) is 6.04 Å². The fraction of sp³-hybridized carbons (Fsp3) is 0.909. The first-order valence-corrected chi connectivity index (χ1v) is 8.22. The van der Waals surface area contributed by atoms with E-state index in [0.29, 0.717) is 19.6 Å². The number of carbonyl (C=O) groups is 1. The van der Waals surface area contributed by atoms with E-state index in [9.17, 15) is 20.1 Å². The second kappa shape index (κ2) is 11.1. The molecule has 0 radical (unpaired) electrons. The van der Waals surface area contributed by atoms with Gasteiger partial charge < -0.3 is 35.3 Å². The summed E-state index contributed by atoms with van der Waals surface area (Å²) in [6.45, 7) is 2.16. The number of hydrogen-bond acceptors (Lipinski definition) is 7. The molecule has 0 heterocycles. The van der Waals surface area contributed by atoms with Crippen molar-refractivity contribution in [3.05, 3.63) is 0 Å². The quantitative estimate of drug-likeness (QED) is 0.172. The van der Waals surface area contributed by atoms with Gasteiger partial charge in [0.15, 0.2) is 15.9 Å². The first kappa shape index (κ1) is 19.4. The van der Waals surface area contributed by atoms with Gasteiger partial charge in [0, 0.05) is 13.2 Å². The van der Waals surface area contributed by atoms with Crippen molar-refractivity contribution in [1.82, 2.24) is 5.32 Å². The zero-order valence-corrected chi connectivity index (χ0v) is 13.0. The lowest BCUT2D eigenvalue weighted by Gasteiger charge is -2.24. The largest absolute Gasteiger partial charge is 0.424 e. The van der Waals surface area contributed by atoms with E-state index in [4.69, 9.17) is 14.6 Å². The summed E-state index contributed by atoms with van der Waals surface area (Å²) < 4.78 is 5.25. The monoisotopic (exact) mass is 311 g/mol. The highest BCUT2D eigenvalue weighted by atomic mass is 28.2. The van der Waals surface area contributed by atoms with Crippen LogP contribution in [0, 0.1) is 0 Å². The number of rotatable bonds is 11. The fourth-order valence-electron chi connectivity index (χ4n) is 1.47. The maximum Gasteiger partial charge on any atom is 0.251 e. The van der Waals surface area contributed by atoms with Gasteiger partial charge in [-0.2, -0.15) is 0 Å². The van der Waals surface area contributed by atoms with Crippen molar-refractivity contribution in [3.63, 3.8) is 0 Å². The molecule has 4 atom stereocenters. The van der Waals surface area contributed by atoms with Gasteiger partial charge in [-0.1, -0.05) is 0 Å². The summed E-state index contributed by atoms with van der Waals surface area (Å²) in [6, 6.07) is 0.888. The Hall–Kier alpha value is -0.553. The molecule has 0 spiro atoms. The Kier molecular flexibility index (Phi) is 10.8. The molecule has 0 saturated heterocycles. The van der Waals surface area contributed by atoms with Gasteiger partial charge in [0.25, 0.3) is 5.91 Å². The van der Waals surface area contributed by atoms with Crippen LogP contribution in [0.15, 0.2) is 0 Å². The van der Waals surface area contributed by atoms with Crippen LogP contribution >= 0.6 is 0 Å². The molecule has 0 aliphatic carbocycles. The van der Waals surface area contributed by atoms with Crippen LogP contribution in [0.25, 0.3) is 0 Å². The van der Waals surface area contributed by atoms with E-state index in [-0.39, 0.29) is 0 Å². The maximum absolute atomic E-state index is 11.5. The number of carbonyl (C=O) groups excluding carboxylic acids is 1. The second-order valence-corrected chi connectivity index (χ2v) is 5.89. The van der Waals surface area contributed by atoms with Crippen LogP contribution in [0.5, 0.6) is 0 Å². The van der Waals surface area contributed by atoms with Crippen molar-refractivity contribution in [1.29, 1.82) is 0 Å². The highest BCUT2D eigenvalue weighted by Crippen LogP contribution is 2.05. The molecular weight excluding hydrogens is 286 g/mol. The minimum Gasteiger partial charge on any atom is -0.424 e. The third-order valence-electron chi connectivity index (χ3n) is 2.74. The molecule has 1 amide bonds. The molecule has 0 aliphatic rings. The average molecular weight is 311 g/mol. The SMILES string of the molecule is CCO[SiH2]CCCNC(=O)[C@H](O)[C@@H](O)[C@H](O)[C@H](O)CO. The summed E-state index contributed by atoms with van der Waals surface area (Å²) in [6.07, 6.45) is -6.44. The Balaban J connectivity index is 3.96. The molecule has 0 aliphatic heterocycles. The number of hydrogen-bond donors (Lipinski definition) is 6. The number of aliphatic hydroxyl groups is 5. The van der Waals surface area contributed by atoms with E-state index in [1.165, 1.54) is 0 Å². The molecule has 0 bridgehead atoms. The summed E-state index contributed by atoms with van der Waals surface area (Å²) in [5, 5.41) is 48.5. The molecular formula is C11H25NO7Si. The van der Waals surface area contributed by atoms with Crippen LogP contribution in [-0.4, -0.2) is 85.4 Å². The number of nitrogens with one attached hydrogen (secondary N) is 1. The standard InChI is InChI=1S/C11H25NO7Si/c1-2-19-20-5-3-4-12-11(18)10(17)9(16)8(15)7(14)6-13/h7-10,13-17H,2-6,20H2,1H3,(H,12,18)/t7-,8-,9+,10-/m1/s1. The lowest BCUT2D eigenvalue weighted by molar-refractivity contribution is -0.148. The van der Waals surface area contributed by atoms with Gasteiger partial charge in [-0.25, -0.2) is 0 Å². The average Bonchev–Trinajstić information content (AvgIpc) is 2.47. The summed E-state index contributed by atoms with van der Waals surface area (Å²) in [4.78, 5) is 11.5. The van der Waals surface area contributed by atoms with Crippen molar-refractivity contribution in [2.75, 3.05) is 19.8 Å². The molecule has 0 aromatic heterocycles. The summed E-state index contributed by atoms with van der Waals surface area (Å²) >= 11 is 0. The van der Waals surface area contributed by atoms with E-state index in [1.54, 1.807) is 0 Å². The molecule has 20 heavy (non-hydrogen) atoms. The Bertz CT molecular complexity index is 269. The first-order valence-electron chi connectivity index (χ1n) is 6.64. The fourth-order valence-corrected chi connectivity index (χ4v) is 2.41. The minimum atomic E-state index is -1.87. The van der Waals surface area contributed by atoms with E-state index < -0.39 is 46.7 Å². The maximum atomic E-state index is 11.5. The Morgan fingerprint density at radius 1 is 1.25 bits per heavy atom. The van der Waals surface area contributed by atoms with Crippen LogP contribution in [0.2, 0.25) is 6.04 Å². The predicted molar refractivity (Wildman–Crippen MR) is 73.7 cm³/mol. The first-order chi connectivity index (χ1) is 9.45. The van der Waals surface area contributed by atoms with Gasteiger partial charge in [0.1, 0.15) is 18.3 Å². The zero-order chi connectivity index (χ0) is 15.5. The molecule has 0 fully saturated rings. The molecule has 0 rings (SSSR count). The van der Waals surface area contributed by atoms with Gasteiger partial charge in [-0.3, -0.25) is 4.79 Å². The Morgan fingerprint density at radius 2 is 1.90 bits per heavy atom. The van der Waals surface area contributed by atoms with Gasteiger partial charge in [0.2, 0.25) is 0 Å². The van der Waals surface area contributed by atoms with Crippen molar-refractivity contribution < 1.29 is 34.8 Å². The van der Waals surface area contributed by atoms with E-state index in [2.05, 4.69) is 5.32 Å². The molecule has 6 N–H and O–H groups in total. The van der Waals surface area contributed by atoms with Gasteiger partial charge >= 0.3 is 0 Å². The molecule has 0 aromatic carbocycles. The lowest BCUT2D eigenvalue weighted by Crippen LogP contribution is -2.51. The minimum absolute atomic E-state index is 0.335. The van der Waals surface area contributed by atoms with Crippen molar-refractivity contribution in [2.45, 2.75) is 43.8 Å². The van der Waals surface area contributed by atoms with Gasteiger partial charge in [-0.05, 0) is 19.4 Å². The third kappa shape index (κ3) is 7.29. The summed E-state index contributed by atoms with van der Waals surface area (Å²) in [7, 11) is -0.559. The Labute approximate surface area is 120 Å². The molecule has 120 valence electrons. The van der Waals surface area contributed by atoms with Crippen LogP contribution in [0.1, 0.15) is 13.3 Å². The molecule has 9 heteroatoms. The van der Waals surface area contributed by atoms with Crippen LogP contribution in [-0.2, 0) is 9.22 Å². The molecule has 0 aromatic rings. The summed E-state index contributed by atoms with van der Waals surface area (Å²) in [5.41, 5.74) is 0. The van der Waals surface area contributed by atoms with Crippen LogP contribution < -0.4 is 5.32 Å². The van der Waals surface area contributed by atoms with Crippen LogP contribution in [0.3, 0.4) is 0 Å². The number of amides is 1. The highest BCUT2D eigenvalue weighted by molar-refractivity contribution is 6.26. The highest BCUT2D eigenvalue weighted by Gasteiger charge is 2.33. The second-order valence-electron chi connectivity index (χ2n) is 4.37. The lowest BCUT2D eigenvalue weighted by atomic mass is 10.0. The topological polar surface area (TPSA) is 139 Å². The van der Waals surface area contributed by atoms with Crippen LogP contribution in [0.4, 0.5) is 0 Å². The van der Waals surface area contributed by atoms with Crippen molar-refractivity contribution in [3.8, 4) is 0 Å².